The maximum Gasteiger partial charge on any atom is 0.239 e. The van der Waals surface area contributed by atoms with E-state index in [-0.39, 0.29) is 11.8 Å². The van der Waals surface area contributed by atoms with Crippen molar-refractivity contribution < 1.29 is 4.79 Å². The number of rotatable bonds is 2. The van der Waals surface area contributed by atoms with Gasteiger partial charge >= 0.3 is 0 Å². The number of para-hydroxylation sites is 1. The van der Waals surface area contributed by atoms with Crippen LogP contribution >= 0.6 is 23.2 Å². The van der Waals surface area contributed by atoms with Crippen molar-refractivity contribution in [3.05, 3.63) is 29.3 Å². The number of carbonyl (C=O) groups excluding carboxylic acids is 1. The summed E-state index contributed by atoms with van der Waals surface area (Å²) in [6.07, 6.45) is 0. The van der Waals surface area contributed by atoms with Crippen molar-refractivity contribution in [1.29, 1.82) is 0 Å². The van der Waals surface area contributed by atoms with Crippen LogP contribution in [0.1, 0.15) is 0 Å². The van der Waals surface area contributed by atoms with Gasteiger partial charge in [-0.2, -0.15) is 0 Å². The Balaban J connectivity index is 2.75. The number of halogens is 2. The Morgan fingerprint density at radius 1 is 1.42 bits per heavy atom. The molecule has 0 bridgehead atoms. The van der Waals surface area contributed by atoms with Crippen LogP contribution in [0.2, 0.25) is 5.02 Å². The normalized spacial score (nSPS) is 9.50. The van der Waals surface area contributed by atoms with Gasteiger partial charge in [0, 0.05) is 0 Å². The van der Waals surface area contributed by atoms with Crippen molar-refractivity contribution in [2.45, 2.75) is 0 Å². The zero-order valence-electron chi connectivity index (χ0n) is 6.18. The molecule has 1 aromatic carbocycles. The van der Waals surface area contributed by atoms with Gasteiger partial charge < -0.3 is 5.32 Å². The SMILES string of the molecule is O=C(CCl)Nc1ccccc1Cl. The zero-order chi connectivity index (χ0) is 8.97. The highest BCUT2D eigenvalue weighted by Crippen LogP contribution is 2.20. The molecule has 0 aliphatic carbocycles. The first-order valence-corrected chi connectivity index (χ1v) is 4.25. The highest BCUT2D eigenvalue weighted by Gasteiger charge is 2.02. The summed E-state index contributed by atoms with van der Waals surface area (Å²) in [7, 11) is 0. The Morgan fingerprint density at radius 2 is 2.08 bits per heavy atom. The number of anilines is 1. The quantitative estimate of drug-likeness (QED) is 0.736. The summed E-state index contributed by atoms with van der Waals surface area (Å²) in [6.45, 7) is 0. The molecule has 1 aromatic rings. The van der Waals surface area contributed by atoms with Crippen LogP contribution in [0.5, 0.6) is 0 Å². The molecule has 0 aliphatic rings. The fourth-order valence-corrected chi connectivity index (χ4v) is 0.996. The van der Waals surface area contributed by atoms with Crippen LogP contribution in [-0.2, 0) is 4.79 Å². The molecule has 0 fully saturated rings. The third-order valence-corrected chi connectivity index (χ3v) is 1.84. The molecule has 1 rings (SSSR count). The van der Waals surface area contributed by atoms with Gasteiger partial charge in [0.2, 0.25) is 5.91 Å². The van der Waals surface area contributed by atoms with E-state index in [1.807, 2.05) is 0 Å². The van der Waals surface area contributed by atoms with Crippen molar-refractivity contribution in [2.24, 2.45) is 0 Å². The van der Waals surface area contributed by atoms with E-state index in [1.54, 1.807) is 24.3 Å². The van der Waals surface area contributed by atoms with Crippen molar-refractivity contribution >= 4 is 34.8 Å². The predicted octanol–water partition coefficient (Wildman–Crippen LogP) is 2.52. The van der Waals surface area contributed by atoms with Gasteiger partial charge in [0.25, 0.3) is 0 Å². The van der Waals surface area contributed by atoms with Crippen LogP contribution in [0.3, 0.4) is 0 Å². The van der Waals surface area contributed by atoms with Crippen LogP contribution in [0.15, 0.2) is 24.3 Å². The van der Waals surface area contributed by atoms with Crippen molar-refractivity contribution in [3.8, 4) is 0 Å². The molecule has 0 aromatic heterocycles. The Hall–Kier alpha value is -0.730. The molecule has 0 aliphatic heterocycles. The maximum atomic E-state index is 10.8. The summed E-state index contributed by atoms with van der Waals surface area (Å²) in [5, 5.41) is 3.07. The first-order chi connectivity index (χ1) is 5.74. The average molecular weight is 204 g/mol. The third kappa shape index (κ3) is 2.40. The second kappa shape index (κ2) is 4.33. The lowest BCUT2D eigenvalue weighted by molar-refractivity contribution is -0.113. The number of nitrogens with one attached hydrogen (secondary N) is 1. The monoisotopic (exact) mass is 203 g/mol. The molecule has 0 heterocycles. The number of hydrogen-bond donors (Lipinski definition) is 1. The highest BCUT2D eigenvalue weighted by molar-refractivity contribution is 6.34. The molecule has 0 spiro atoms. The van der Waals surface area contributed by atoms with Gasteiger partial charge in [-0.25, -0.2) is 0 Å². The lowest BCUT2D eigenvalue weighted by atomic mass is 10.3. The van der Waals surface area contributed by atoms with Crippen LogP contribution in [0.25, 0.3) is 0 Å². The number of benzene rings is 1. The summed E-state index contributed by atoms with van der Waals surface area (Å²) in [5.41, 5.74) is 0.588. The Morgan fingerprint density at radius 3 is 2.67 bits per heavy atom. The molecule has 0 saturated carbocycles. The van der Waals surface area contributed by atoms with Crippen molar-refractivity contribution in [2.75, 3.05) is 11.2 Å². The van der Waals surface area contributed by atoms with Crippen LogP contribution in [0, 0.1) is 0 Å². The fraction of sp³-hybridized carbons (Fsp3) is 0.125. The Labute approximate surface area is 80.5 Å². The lowest BCUT2D eigenvalue weighted by Gasteiger charge is -2.03. The standard InChI is InChI=1S/C8H7Cl2NO/c9-5-8(12)11-7-4-2-1-3-6(7)10/h1-4H,5H2,(H,11,12). The molecule has 0 radical (unpaired) electrons. The first-order valence-electron chi connectivity index (χ1n) is 3.34. The molecule has 0 atom stereocenters. The topological polar surface area (TPSA) is 29.1 Å². The molecule has 64 valence electrons. The van der Waals surface area contributed by atoms with Gasteiger partial charge in [-0.1, -0.05) is 23.7 Å². The summed E-state index contributed by atoms with van der Waals surface area (Å²) < 4.78 is 0. The van der Waals surface area contributed by atoms with Gasteiger partial charge in [0.1, 0.15) is 5.88 Å². The predicted molar refractivity (Wildman–Crippen MR) is 50.8 cm³/mol. The summed E-state index contributed by atoms with van der Waals surface area (Å²) >= 11 is 11.1. The van der Waals surface area contributed by atoms with Crippen LogP contribution in [-0.4, -0.2) is 11.8 Å². The van der Waals surface area contributed by atoms with Gasteiger partial charge in [0.05, 0.1) is 10.7 Å². The van der Waals surface area contributed by atoms with E-state index in [0.717, 1.165) is 0 Å². The molecular weight excluding hydrogens is 197 g/mol. The number of hydrogen-bond acceptors (Lipinski definition) is 1. The first kappa shape index (κ1) is 9.36. The minimum Gasteiger partial charge on any atom is -0.324 e. The summed E-state index contributed by atoms with van der Waals surface area (Å²) in [4.78, 5) is 10.8. The number of carbonyl (C=O) groups is 1. The Bertz CT molecular complexity index is 288. The molecule has 12 heavy (non-hydrogen) atoms. The van der Waals surface area contributed by atoms with E-state index >= 15 is 0 Å². The summed E-state index contributed by atoms with van der Waals surface area (Å²) in [6, 6.07) is 6.99. The molecule has 0 unspecified atom stereocenters. The molecule has 1 amide bonds. The van der Waals surface area contributed by atoms with Crippen LogP contribution < -0.4 is 5.32 Å². The molecule has 1 N–H and O–H groups in total. The van der Waals surface area contributed by atoms with Gasteiger partial charge in [-0.3, -0.25) is 4.79 Å². The molecular formula is C8H7Cl2NO. The fourth-order valence-electron chi connectivity index (χ4n) is 0.746. The average Bonchev–Trinajstić information content (AvgIpc) is 2.09. The van der Waals surface area contributed by atoms with Gasteiger partial charge in [0.15, 0.2) is 0 Å². The van der Waals surface area contributed by atoms with Crippen molar-refractivity contribution in [3.63, 3.8) is 0 Å². The minimum absolute atomic E-state index is 0.0643. The van der Waals surface area contributed by atoms with E-state index in [4.69, 9.17) is 23.2 Å². The molecule has 0 saturated heterocycles. The largest absolute Gasteiger partial charge is 0.324 e. The zero-order valence-corrected chi connectivity index (χ0v) is 7.69. The highest BCUT2D eigenvalue weighted by atomic mass is 35.5. The maximum absolute atomic E-state index is 10.8. The van der Waals surface area contributed by atoms with Crippen molar-refractivity contribution in [1.82, 2.24) is 0 Å². The van der Waals surface area contributed by atoms with Gasteiger partial charge in [-0.15, -0.1) is 11.6 Å². The smallest absolute Gasteiger partial charge is 0.239 e. The van der Waals surface area contributed by atoms with E-state index < -0.39 is 0 Å². The number of amides is 1. The van der Waals surface area contributed by atoms with Gasteiger partial charge in [-0.05, 0) is 12.1 Å². The van der Waals surface area contributed by atoms with Crippen LogP contribution in [0.4, 0.5) is 5.69 Å². The minimum atomic E-state index is -0.259. The van der Waals surface area contributed by atoms with E-state index in [1.165, 1.54) is 0 Å². The third-order valence-electron chi connectivity index (χ3n) is 1.27. The number of alkyl halides is 1. The lowest BCUT2D eigenvalue weighted by Crippen LogP contribution is -2.12. The van der Waals surface area contributed by atoms with E-state index in [2.05, 4.69) is 5.32 Å². The van der Waals surface area contributed by atoms with E-state index in [9.17, 15) is 4.79 Å². The second-order valence-electron chi connectivity index (χ2n) is 2.16. The molecule has 4 heteroatoms. The van der Waals surface area contributed by atoms with E-state index in [0.29, 0.717) is 10.7 Å². The second-order valence-corrected chi connectivity index (χ2v) is 2.84. The summed E-state index contributed by atoms with van der Waals surface area (Å²) in [5.74, 6) is -0.324. The molecule has 2 nitrogen and oxygen atoms in total. The Kier molecular flexibility index (Phi) is 3.38.